The Hall–Kier alpha value is -3.48. The van der Waals surface area contributed by atoms with Gasteiger partial charge in [0.1, 0.15) is 12.1 Å². The van der Waals surface area contributed by atoms with Gasteiger partial charge in [0.2, 0.25) is 0 Å². The van der Waals surface area contributed by atoms with Crippen LogP contribution in [-0.2, 0) is 4.79 Å². The van der Waals surface area contributed by atoms with E-state index in [2.05, 4.69) is 5.32 Å². The van der Waals surface area contributed by atoms with Crippen LogP contribution in [0.2, 0.25) is 0 Å². The minimum atomic E-state index is -1.37. The Morgan fingerprint density at radius 3 is 2.00 bits per heavy atom. The van der Waals surface area contributed by atoms with Crippen molar-refractivity contribution in [1.82, 2.24) is 10.8 Å². The van der Waals surface area contributed by atoms with Gasteiger partial charge in [-0.25, -0.2) is 5.48 Å². The minimum Gasteiger partial charge on any atom is -0.386 e. The molecule has 0 saturated heterocycles. The van der Waals surface area contributed by atoms with Crippen LogP contribution in [0.15, 0.2) is 84.9 Å². The number of carbonyl (C=O) groups excluding carboxylic acids is 2. The summed E-state index contributed by atoms with van der Waals surface area (Å²) in [4.78, 5) is 25.0. The molecule has 0 radical (unpaired) electrons. The van der Waals surface area contributed by atoms with Gasteiger partial charge in [-0.2, -0.15) is 0 Å². The number of amides is 2. The highest BCUT2D eigenvalue weighted by atomic mass is 16.5. The van der Waals surface area contributed by atoms with Crippen molar-refractivity contribution in [3.63, 3.8) is 0 Å². The van der Waals surface area contributed by atoms with Gasteiger partial charge in [-0.05, 0) is 22.8 Å². The van der Waals surface area contributed by atoms with Gasteiger partial charge in [0.15, 0.2) is 0 Å². The van der Waals surface area contributed by atoms with Gasteiger partial charge in [0.25, 0.3) is 11.8 Å². The van der Waals surface area contributed by atoms with Crippen molar-refractivity contribution in [1.29, 1.82) is 0 Å². The number of nitrogens with one attached hydrogen (secondary N) is 2. The second-order valence-corrected chi connectivity index (χ2v) is 6.19. The van der Waals surface area contributed by atoms with Crippen LogP contribution in [0, 0.1) is 0 Å². The Kier molecular flexibility index (Phi) is 6.16. The van der Waals surface area contributed by atoms with Crippen molar-refractivity contribution in [3.05, 3.63) is 96.1 Å². The molecule has 4 N–H and O–H groups in total. The summed E-state index contributed by atoms with van der Waals surface area (Å²) in [7, 11) is 0. The molecular formula is C22H20N2O4. The molecule has 2 atom stereocenters. The third-order valence-corrected chi connectivity index (χ3v) is 4.39. The van der Waals surface area contributed by atoms with Crippen molar-refractivity contribution in [2.75, 3.05) is 0 Å². The largest absolute Gasteiger partial charge is 0.386 e. The Morgan fingerprint density at radius 2 is 1.36 bits per heavy atom. The zero-order valence-electron chi connectivity index (χ0n) is 14.9. The highest BCUT2D eigenvalue weighted by Crippen LogP contribution is 2.24. The maximum Gasteiger partial charge on any atom is 0.268 e. The average Bonchev–Trinajstić information content (AvgIpc) is 2.77. The lowest BCUT2D eigenvalue weighted by Gasteiger charge is -2.23. The molecule has 0 heterocycles. The number of hydroxylamine groups is 1. The molecule has 0 aromatic heterocycles. The van der Waals surface area contributed by atoms with Gasteiger partial charge in [-0.1, -0.05) is 78.9 Å². The lowest BCUT2D eigenvalue weighted by Crippen LogP contribution is -2.49. The predicted molar refractivity (Wildman–Crippen MR) is 104 cm³/mol. The number of hydrogen-bond donors (Lipinski definition) is 4. The van der Waals surface area contributed by atoms with E-state index in [0.29, 0.717) is 16.7 Å². The van der Waals surface area contributed by atoms with E-state index >= 15 is 0 Å². The first-order valence-corrected chi connectivity index (χ1v) is 8.74. The highest BCUT2D eigenvalue weighted by Gasteiger charge is 2.30. The zero-order valence-corrected chi connectivity index (χ0v) is 14.9. The molecule has 6 nitrogen and oxygen atoms in total. The van der Waals surface area contributed by atoms with E-state index in [-0.39, 0.29) is 0 Å². The summed E-state index contributed by atoms with van der Waals surface area (Å²) < 4.78 is 0. The normalized spacial score (nSPS) is 12.6. The average molecular weight is 376 g/mol. The molecule has 0 aliphatic carbocycles. The van der Waals surface area contributed by atoms with Crippen molar-refractivity contribution in [2.45, 2.75) is 12.1 Å². The standard InChI is InChI=1S/C22H20N2O4/c25-20(16-11-5-2-6-12-16)19(22(27)24-28)23-21(26)18-14-8-7-13-17(18)15-9-3-1-4-10-15/h1-14,19-20,25,28H,(H,23,26)(H,24,27). The first-order valence-electron chi connectivity index (χ1n) is 8.74. The van der Waals surface area contributed by atoms with Crippen molar-refractivity contribution < 1.29 is 19.9 Å². The molecule has 3 aromatic carbocycles. The molecule has 28 heavy (non-hydrogen) atoms. The molecule has 142 valence electrons. The van der Waals surface area contributed by atoms with Crippen LogP contribution in [0.3, 0.4) is 0 Å². The van der Waals surface area contributed by atoms with E-state index in [4.69, 9.17) is 5.21 Å². The SMILES string of the molecule is O=C(NC(C(=O)NO)C(O)c1ccccc1)c1ccccc1-c1ccccc1. The molecule has 2 unspecified atom stereocenters. The Balaban J connectivity index is 1.90. The van der Waals surface area contributed by atoms with Gasteiger partial charge in [-0.15, -0.1) is 0 Å². The van der Waals surface area contributed by atoms with Crippen molar-refractivity contribution in [2.24, 2.45) is 0 Å². The molecule has 3 aromatic rings. The fourth-order valence-electron chi connectivity index (χ4n) is 2.97. The van der Waals surface area contributed by atoms with Gasteiger partial charge in [0, 0.05) is 5.56 Å². The number of rotatable bonds is 6. The maximum atomic E-state index is 12.9. The highest BCUT2D eigenvalue weighted by molar-refractivity contribution is 6.02. The fraction of sp³-hybridized carbons (Fsp3) is 0.0909. The first-order chi connectivity index (χ1) is 13.6. The molecule has 0 fully saturated rings. The van der Waals surface area contributed by atoms with E-state index in [1.807, 2.05) is 36.4 Å². The van der Waals surface area contributed by atoms with E-state index in [9.17, 15) is 14.7 Å². The summed E-state index contributed by atoms with van der Waals surface area (Å²) in [6.45, 7) is 0. The summed E-state index contributed by atoms with van der Waals surface area (Å²) in [5, 5.41) is 22.2. The number of aliphatic hydroxyl groups excluding tert-OH is 1. The molecule has 0 saturated carbocycles. The van der Waals surface area contributed by atoms with Crippen molar-refractivity contribution >= 4 is 11.8 Å². The fourth-order valence-corrected chi connectivity index (χ4v) is 2.97. The van der Waals surface area contributed by atoms with Crippen LogP contribution in [-0.4, -0.2) is 28.2 Å². The van der Waals surface area contributed by atoms with E-state index in [0.717, 1.165) is 5.56 Å². The second kappa shape index (κ2) is 8.94. The van der Waals surface area contributed by atoms with Crippen molar-refractivity contribution in [3.8, 4) is 11.1 Å². The quantitative estimate of drug-likeness (QED) is 0.393. The molecule has 0 aliphatic heterocycles. The lowest BCUT2D eigenvalue weighted by molar-refractivity contribution is -0.134. The summed E-state index contributed by atoms with van der Waals surface area (Å²) in [6.07, 6.45) is -1.33. The first kappa shape index (κ1) is 19.3. The van der Waals surface area contributed by atoms with Crippen LogP contribution in [0.5, 0.6) is 0 Å². The summed E-state index contributed by atoms with van der Waals surface area (Å²) in [6, 6.07) is 23.4. The van der Waals surface area contributed by atoms with E-state index < -0.39 is 24.0 Å². The lowest BCUT2D eigenvalue weighted by atomic mass is 9.97. The van der Waals surface area contributed by atoms with Gasteiger partial charge in [0.05, 0.1) is 0 Å². The van der Waals surface area contributed by atoms with Crippen LogP contribution >= 0.6 is 0 Å². The number of benzene rings is 3. The molecule has 0 aliphatic rings. The Morgan fingerprint density at radius 1 is 0.786 bits per heavy atom. The molecule has 6 heteroatoms. The minimum absolute atomic E-state index is 0.352. The summed E-state index contributed by atoms with van der Waals surface area (Å²) in [5.74, 6) is -1.45. The molecule has 3 rings (SSSR count). The molecule has 2 amide bonds. The number of carbonyl (C=O) groups is 2. The molecular weight excluding hydrogens is 356 g/mol. The second-order valence-electron chi connectivity index (χ2n) is 6.19. The van der Waals surface area contributed by atoms with Gasteiger partial charge in [-0.3, -0.25) is 14.8 Å². The summed E-state index contributed by atoms with van der Waals surface area (Å²) >= 11 is 0. The van der Waals surface area contributed by atoms with Crippen LogP contribution < -0.4 is 10.8 Å². The topological polar surface area (TPSA) is 98.7 Å². The molecule has 0 bridgehead atoms. The van der Waals surface area contributed by atoms with Gasteiger partial charge >= 0.3 is 0 Å². The Labute approximate surface area is 162 Å². The molecule has 0 spiro atoms. The van der Waals surface area contributed by atoms with E-state index in [1.54, 1.807) is 48.5 Å². The van der Waals surface area contributed by atoms with E-state index in [1.165, 1.54) is 5.48 Å². The predicted octanol–water partition coefficient (Wildman–Crippen LogP) is 2.69. The number of hydrogen-bond acceptors (Lipinski definition) is 4. The van der Waals surface area contributed by atoms with Gasteiger partial charge < -0.3 is 10.4 Å². The zero-order chi connectivity index (χ0) is 19.9. The summed E-state index contributed by atoms with van der Waals surface area (Å²) in [5.41, 5.74) is 3.83. The number of aliphatic hydroxyl groups is 1. The smallest absolute Gasteiger partial charge is 0.268 e. The maximum absolute atomic E-state index is 12.9. The van der Waals surface area contributed by atoms with Crippen LogP contribution in [0.1, 0.15) is 22.0 Å². The monoisotopic (exact) mass is 376 g/mol. The Bertz CT molecular complexity index is 945. The van der Waals surface area contributed by atoms with Crippen LogP contribution in [0.25, 0.3) is 11.1 Å². The third-order valence-electron chi connectivity index (χ3n) is 4.39. The third kappa shape index (κ3) is 4.25. The van der Waals surface area contributed by atoms with Crippen LogP contribution in [0.4, 0.5) is 0 Å².